The highest BCUT2D eigenvalue weighted by atomic mass is 16.6. The highest BCUT2D eigenvalue weighted by molar-refractivity contribution is 5.74. The first-order valence-corrected chi connectivity index (χ1v) is 6.73. The van der Waals surface area contributed by atoms with Crippen LogP contribution in [-0.2, 0) is 6.61 Å². The average molecular weight is 295 g/mol. The van der Waals surface area contributed by atoms with Crippen LogP contribution in [0.3, 0.4) is 0 Å². The lowest BCUT2D eigenvalue weighted by Crippen LogP contribution is -2.04. The Labute approximate surface area is 126 Å². The molecule has 1 aromatic heterocycles. The molecule has 0 saturated heterocycles. The number of aromatic nitrogens is 2. The zero-order chi connectivity index (χ0) is 15.5. The van der Waals surface area contributed by atoms with Crippen molar-refractivity contribution in [1.29, 1.82) is 0 Å². The van der Waals surface area contributed by atoms with Crippen molar-refractivity contribution in [2.24, 2.45) is 0 Å². The Hall–Kier alpha value is -3.02. The summed E-state index contributed by atoms with van der Waals surface area (Å²) in [5.41, 5.74) is 2.94. The van der Waals surface area contributed by atoms with Crippen molar-refractivity contribution in [2.45, 2.75) is 13.5 Å². The largest absolute Gasteiger partial charge is 0.480 e. The van der Waals surface area contributed by atoms with Crippen molar-refractivity contribution in [3.8, 4) is 5.75 Å². The van der Waals surface area contributed by atoms with Gasteiger partial charge in [-0.1, -0.05) is 24.3 Å². The number of nitro benzene ring substituents is 1. The van der Waals surface area contributed by atoms with Gasteiger partial charge in [0.05, 0.1) is 27.3 Å². The van der Waals surface area contributed by atoms with Gasteiger partial charge in [-0.25, -0.2) is 9.97 Å². The van der Waals surface area contributed by atoms with Gasteiger partial charge < -0.3 is 4.74 Å². The smallest absolute Gasteiger partial charge is 0.310 e. The van der Waals surface area contributed by atoms with E-state index in [0.29, 0.717) is 5.69 Å². The molecule has 0 radical (unpaired) electrons. The van der Waals surface area contributed by atoms with E-state index in [1.165, 1.54) is 6.07 Å². The Morgan fingerprint density at radius 2 is 1.68 bits per heavy atom. The number of benzene rings is 2. The molecule has 0 aliphatic rings. The lowest BCUT2D eigenvalue weighted by molar-refractivity contribution is -0.385. The summed E-state index contributed by atoms with van der Waals surface area (Å²) in [5, 5.41) is 11.0. The van der Waals surface area contributed by atoms with E-state index in [-0.39, 0.29) is 18.0 Å². The van der Waals surface area contributed by atoms with Gasteiger partial charge in [-0.15, -0.1) is 0 Å². The van der Waals surface area contributed by atoms with Gasteiger partial charge >= 0.3 is 5.69 Å². The highest BCUT2D eigenvalue weighted by Crippen LogP contribution is 2.26. The van der Waals surface area contributed by atoms with Gasteiger partial charge in [0, 0.05) is 6.07 Å². The van der Waals surface area contributed by atoms with E-state index in [0.717, 1.165) is 16.7 Å². The predicted molar refractivity (Wildman–Crippen MR) is 81.7 cm³/mol. The Morgan fingerprint density at radius 3 is 2.41 bits per heavy atom. The molecule has 6 heteroatoms. The Kier molecular flexibility index (Phi) is 3.65. The molecule has 0 aliphatic carbocycles. The molecule has 3 rings (SSSR count). The van der Waals surface area contributed by atoms with Crippen LogP contribution in [0, 0.1) is 17.0 Å². The Balaban J connectivity index is 1.88. The van der Waals surface area contributed by atoms with E-state index in [1.807, 2.05) is 31.2 Å². The number of fused-ring (bicyclic) bond motifs is 1. The second kappa shape index (κ2) is 5.77. The number of nitro groups is 1. The van der Waals surface area contributed by atoms with E-state index in [4.69, 9.17) is 4.74 Å². The lowest BCUT2D eigenvalue weighted by atomic mass is 10.2. The van der Waals surface area contributed by atoms with E-state index in [9.17, 15) is 10.1 Å². The summed E-state index contributed by atoms with van der Waals surface area (Å²) in [7, 11) is 0. The number of hydrogen-bond acceptors (Lipinski definition) is 5. The maximum absolute atomic E-state index is 11.0. The Morgan fingerprint density at radius 1 is 1.05 bits per heavy atom. The summed E-state index contributed by atoms with van der Waals surface area (Å²) in [4.78, 5) is 19.5. The monoisotopic (exact) mass is 295 g/mol. The first-order valence-electron chi connectivity index (χ1n) is 6.73. The minimum atomic E-state index is -0.464. The zero-order valence-corrected chi connectivity index (χ0v) is 11.9. The molecule has 0 amide bonds. The maximum Gasteiger partial charge on any atom is 0.310 e. The van der Waals surface area contributed by atoms with Crippen LogP contribution in [0.2, 0.25) is 0 Å². The fourth-order valence-corrected chi connectivity index (χ4v) is 2.14. The molecular formula is C16H13N3O3. The number of para-hydroxylation sites is 4. The van der Waals surface area contributed by atoms with Crippen LogP contribution in [0.15, 0.2) is 48.5 Å². The third-order valence-electron chi connectivity index (χ3n) is 3.27. The summed E-state index contributed by atoms with van der Waals surface area (Å²) in [6.45, 7) is 1.98. The molecule has 0 N–H and O–H groups in total. The second-order valence-electron chi connectivity index (χ2n) is 4.76. The van der Waals surface area contributed by atoms with Gasteiger partial charge in [-0.2, -0.15) is 0 Å². The van der Waals surface area contributed by atoms with E-state index in [1.54, 1.807) is 18.2 Å². The van der Waals surface area contributed by atoms with Gasteiger partial charge in [0.25, 0.3) is 0 Å². The summed E-state index contributed by atoms with van der Waals surface area (Å²) in [6.07, 6.45) is 0. The van der Waals surface area contributed by atoms with Gasteiger partial charge in [-0.3, -0.25) is 10.1 Å². The molecule has 0 saturated carbocycles. The van der Waals surface area contributed by atoms with Crippen LogP contribution in [0.25, 0.3) is 11.0 Å². The highest BCUT2D eigenvalue weighted by Gasteiger charge is 2.14. The Bertz CT molecular complexity index is 849. The molecule has 6 nitrogen and oxygen atoms in total. The van der Waals surface area contributed by atoms with Crippen LogP contribution in [0.1, 0.15) is 11.4 Å². The molecular weight excluding hydrogens is 282 g/mol. The van der Waals surface area contributed by atoms with Crippen molar-refractivity contribution in [3.63, 3.8) is 0 Å². The predicted octanol–water partition coefficient (Wildman–Crippen LogP) is 3.43. The summed E-state index contributed by atoms with van der Waals surface area (Å²) < 4.78 is 5.57. The van der Waals surface area contributed by atoms with Crippen molar-refractivity contribution < 1.29 is 9.66 Å². The van der Waals surface area contributed by atoms with Crippen LogP contribution >= 0.6 is 0 Å². The molecule has 3 aromatic rings. The van der Waals surface area contributed by atoms with Crippen molar-refractivity contribution in [3.05, 3.63) is 70.0 Å². The maximum atomic E-state index is 11.0. The average Bonchev–Trinajstić information content (AvgIpc) is 2.53. The molecule has 0 bridgehead atoms. The van der Waals surface area contributed by atoms with Crippen molar-refractivity contribution >= 4 is 16.7 Å². The minimum Gasteiger partial charge on any atom is -0.480 e. The second-order valence-corrected chi connectivity index (χ2v) is 4.76. The van der Waals surface area contributed by atoms with Gasteiger partial charge in [0.1, 0.15) is 6.61 Å². The topological polar surface area (TPSA) is 78.2 Å². The first-order chi connectivity index (χ1) is 10.6. The van der Waals surface area contributed by atoms with Gasteiger partial charge in [-0.05, 0) is 25.1 Å². The molecule has 0 aliphatic heterocycles. The third kappa shape index (κ3) is 2.71. The summed E-state index contributed by atoms with van der Waals surface area (Å²) in [5.74, 6) is 0.224. The van der Waals surface area contributed by atoms with Crippen molar-refractivity contribution in [2.75, 3.05) is 0 Å². The van der Waals surface area contributed by atoms with Crippen LogP contribution < -0.4 is 4.74 Å². The number of hydrogen-bond donors (Lipinski definition) is 0. The van der Waals surface area contributed by atoms with E-state index < -0.39 is 4.92 Å². The zero-order valence-electron chi connectivity index (χ0n) is 11.9. The standard InChI is InChI=1S/C16H13N3O3/c1-11-14(18-13-7-3-2-6-12(13)17-11)10-22-16-9-5-4-8-15(16)19(20)21/h2-9H,10H2,1H3. The van der Waals surface area contributed by atoms with E-state index >= 15 is 0 Å². The van der Waals surface area contributed by atoms with Crippen LogP contribution in [-0.4, -0.2) is 14.9 Å². The summed E-state index contributed by atoms with van der Waals surface area (Å²) >= 11 is 0. The fourth-order valence-electron chi connectivity index (χ4n) is 2.14. The molecule has 0 spiro atoms. The molecule has 2 aromatic carbocycles. The number of nitrogens with zero attached hydrogens (tertiary/aromatic N) is 3. The first kappa shape index (κ1) is 13.9. The normalized spacial score (nSPS) is 10.6. The lowest BCUT2D eigenvalue weighted by Gasteiger charge is -2.09. The number of ether oxygens (including phenoxy) is 1. The SMILES string of the molecule is Cc1nc2ccccc2nc1COc1ccccc1[N+](=O)[O-]. The molecule has 110 valence electrons. The number of rotatable bonds is 4. The van der Waals surface area contributed by atoms with Gasteiger partial charge in [0.2, 0.25) is 0 Å². The summed E-state index contributed by atoms with van der Waals surface area (Å²) in [6, 6.07) is 13.8. The van der Waals surface area contributed by atoms with Crippen LogP contribution in [0.5, 0.6) is 5.75 Å². The minimum absolute atomic E-state index is 0.0612. The van der Waals surface area contributed by atoms with Crippen LogP contribution in [0.4, 0.5) is 5.69 Å². The fraction of sp³-hybridized carbons (Fsp3) is 0.125. The molecule has 0 fully saturated rings. The van der Waals surface area contributed by atoms with Gasteiger partial charge in [0.15, 0.2) is 5.75 Å². The molecule has 0 unspecified atom stereocenters. The quantitative estimate of drug-likeness (QED) is 0.544. The molecule has 1 heterocycles. The number of aryl methyl sites for hydroxylation is 1. The van der Waals surface area contributed by atoms with E-state index in [2.05, 4.69) is 9.97 Å². The van der Waals surface area contributed by atoms with Crippen molar-refractivity contribution in [1.82, 2.24) is 9.97 Å². The molecule has 0 atom stereocenters. The molecule has 22 heavy (non-hydrogen) atoms. The third-order valence-corrected chi connectivity index (χ3v) is 3.27.